The molecule has 0 atom stereocenters. The molecule has 0 saturated carbocycles. The summed E-state index contributed by atoms with van der Waals surface area (Å²) in [5, 5.41) is 5.79. The van der Waals surface area contributed by atoms with E-state index in [-0.39, 0.29) is 25.4 Å². The van der Waals surface area contributed by atoms with Gasteiger partial charge in [-0.05, 0) is 12.1 Å². The number of carbonyl (C=O) groups excluding carboxylic acids is 2. The molecule has 2 heterocycles. The van der Waals surface area contributed by atoms with E-state index >= 15 is 0 Å². The van der Waals surface area contributed by atoms with Gasteiger partial charge in [-0.3, -0.25) is 9.59 Å². The van der Waals surface area contributed by atoms with Gasteiger partial charge in [-0.15, -0.1) is 0 Å². The normalized spacial score (nSPS) is 20.7. The molecule has 5 nitrogen and oxygen atoms in total. The number of rotatable bonds is 2. The molecule has 124 valence electrons. The van der Waals surface area contributed by atoms with Crippen LogP contribution in [0, 0.1) is 5.82 Å². The van der Waals surface area contributed by atoms with Gasteiger partial charge in [0, 0.05) is 32.6 Å². The third kappa shape index (κ3) is 2.78. The van der Waals surface area contributed by atoms with Gasteiger partial charge in [0.05, 0.1) is 11.1 Å². The van der Waals surface area contributed by atoms with Crippen LogP contribution in [0.25, 0.3) is 0 Å². The summed E-state index contributed by atoms with van der Waals surface area (Å²) < 4.78 is 42.1. The molecule has 1 aromatic rings. The van der Waals surface area contributed by atoms with Crippen molar-refractivity contribution in [2.24, 2.45) is 0 Å². The molecule has 23 heavy (non-hydrogen) atoms. The first kappa shape index (κ1) is 15.8. The lowest BCUT2D eigenvalue weighted by molar-refractivity contribution is -0.169. The van der Waals surface area contributed by atoms with E-state index in [1.165, 1.54) is 12.1 Å². The topological polar surface area (TPSA) is 61.4 Å². The molecule has 0 bridgehead atoms. The predicted molar refractivity (Wildman–Crippen MR) is 75.2 cm³/mol. The van der Waals surface area contributed by atoms with E-state index in [9.17, 15) is 22.8 Å². The first-order valence-electron chi connectivity index (χ1n) is 7.28. The number of nitrogens with zero attached hydrogens (tertiary/aromatic N) is 1. The summed E-state index contributed by atoms with van der Waals surface area (Å²) >= 11 is 0. The maximum Gasteiger partial charge on any atom is 0.352 e. The standard InChI is InChI=1S/C15H16F3N3O2/c16-11-4-2-1-3-10(11)15(17,18)13(23)21-8-14(9-21)7-12(22)19-5-6-20-14/h1-4,20H,5-9H2,(H,19,22). The van der Waals surface area contributed by atoms with Crippen molar-refractivity contribution in [1.29, 1.82) is 0 Å². The van der Waals surface area contributed by atoms with Crippen LogP contribution in [-0.2, 0) is 15.5 Å². The third-order valence-corrected chi connectivity index (χ3v) is 4.20. The first-order valence-corrected chi connectivity index (χ1v) is 7.28. The molecule has 0 radical (unpaired) electrons. The molecule has 2 aliphatic heterocycles. The third-order valence-electron chi connectivity index (χ3n) is 4.20. The SMILES string of the molecule is O=C1CC2(CN(C(=O)C(F)(F)c3ccccc3F)C2)NCCN1. The average molecular weight is 327 g/mol. The van der Waals surface area contributed by atoms with Gasteiger partial charge in [-0.1, -0.05) is 12.1 Å². The van der Waals surface area contributed by atoms with Crippen LogP contribution >= 0.6 is 0 Å². The Morgan fingerprint density at radius 2 is 1.91 bits per heavy atom. The summed E-state index contributed by atoms with van der Waals surface area (Å²) in [7, 11) is 0. The summed E-state index contributed by atoms with van der Waals surface area (Å²) in [5.41, 5.74) is -1.60. The molecule has 0 aromatic heterocycles. The lowest BCUT2D eigenvalue weighted by Crippen LogP contribution is -2.72. The summed E-state index contributed by atoms with van der Waals surface area (Å²) in [5.74, 6) is -6.67. The Balaban J connectivity index is 1.73. The van der Waals surface area contributed by atoms with Gasteiger partial charge in [-0.2, -0.15) is 8.78 Å². The number of amides is 2. The number of alkyl halides is 2. The van der Waals surface area contributed by atoms with Crippen LogP contribution in [-0.4, -0.2) is 48.4 Å². The molecule has 2 amide bonds. The van der Waals surface area contributed by atoms with Crippen molar-refractivity contribution in [2.45, 2.75) is 17.9 Å². The fourth-order valence-electron chi connectivity index (χ4n) is 3.04. The summed E-state index contributed by atoms with van der Waals surface area (Å²) in [6.45, 7) is 0.976. The Labute approximate surface area is 130 Å². The van der Waals surface area contributed by atoms with E-state index in [1.54, 1.807) is 0 Å². The van der Waals surface area contributed by atoms with Crippen LogP contribution in [0.1, 0.15) is 12.0 Å². The summed E-state index contributed by atoms with van der Waals surface area (Å²) in [6.07, 6.45) is 0.127. The minimum Gasteiger partial charge on any atom is -0.355 e. The lowest BCUT2D eigenvalue weighted by Gasteiger charge is -2.50. The Hall–Kier alpha value is -2.09. The highest BCUT2D eigenvalue weighted by Gasteiger charge is 2.54. The van der Waals surface area contributed by atoms with Gasteiger partial charge in [0.15, 0.2) is 0 Å². The first-order chi connectivity index (χ1) is 10.8. The lowest BCUT2D eigenvalue weighted by atomic mass is 9.85. The van der Waals surface area contributed by atoms with Gasteiger partial charge in [0.25, 0.3) is 5.91 Å². The highest BCUT2D eigenvalue weighted by molar-refractivity contribution is 5.86. The van der Waals surface area contributed by atoms with Crippen LogP contribution in [0.5, 0.6) is 0 Å². The van der Waals surface area contributed by atoms with E-state index in [2.05, 4.69) is 10.6 Å². The molecule has 2 fully saturated rings. The van der Waals surface area contributed by atoms with E-state index in [0.29, 0.717) is 13.1 Å². The van der Waals surface area contributed by atoms with E-state index in [4.69, 9.17) is 0 Å². The number of likely N-dealkylation sites (tertiary alicyclic amines) is 1. The Morgan fingerprint density at radius 1 is 1.22 bits per heavy atom. The smallest absolute Gasteiger partial charge is 0.352 e. The number of hydrogen-bond acceptors (Lipinski definition) is 3. The van der Waals surface area contributed by atoms with Gasteiger partial charge in [0.1, 0.15) is 5.82 Å². The maximum atomic E-state index is 14.3. The second kappa shape index (κ2) is 5.52. The van der Waals surface area contributed by atoms with E-state index in [1.807, 2.05) is 0 Å². The van der Waals surface area contributed by atoms with E-state index < -0.39 is 28.7 Å². The highest BCUT2D eigenvalue weighted by atomic mass is 19.3. The van der Waals surface area contributed by atoms with Crippen LogP contribution in [0.2, 0.25) is 0 Å². The van der Waals surface area contributed by atoms with Crippen molar-refractivity contribution in [3.8, 4) is 0 Å². The molecule has 0 unspecified atom stereocenters. The minimum absolute atomic E-state index is 0.00327. The van der Waals surface area contributed by atoms with Crippen molar-refractivity contribution >= 4 is 11.8 Å². The van der Waals surface area contributed by atoms with E-state index in [0.717, 1.165) is 17.0 Å². The molecule has 3 rings (SSSR count). The van der Waals surface area contributed by atoms with Crippen LogP contribution in [0.15, 0.2) is 24.3 Å². The Kier molecular flexibility index (Phi) is 3.79. The van der Waals surface area contributed by atoms with Crippen molar-refractivity contribution in [1.82, 2.24) is 15.5 Å². The zero-order chi connectivity index (χ0) is 16.7. The largest absolute Gasteiger partial charge is 0.355 e. The quantitative estimate of drug-likeness (QED) is 0.837. The van der Waals surface area contributed by atoms with Gasteiger partial charge < -0.3 is 15.5 Å². The number of nitrogens with one attached hydrogen (secondary N) is 2. The molecule has 2 N–H and O–H groups in total. The molecule has 1 spiro atoms. The summed E-state index contributed by atoms with van der Waals surface area (Å²) in [6, 6.07) is 4.34. The van der Waals surface area contributed by atoms with Gasteiger partial charge in [-0.25, -0.2) is 4.39 Å². The molecule has 1 aromatic carbocycles. The van der Waals surface area contributed by atoms with Crippen molar-refractivity contribution in [2.75, 3.05) is 26.2 Å². The molecule has 2 saturated heterocycles. The molecule has 2 aliphatic rings. The predicted octanol–water partition coefficient (Wildman–Crippen LogP) is 0.608. The minimum atomic E-state index is -3.93. The summed E-state index contributed by atoms with van der Waals surface area (Å²) in [4.78, 5) is 24.6. The number of benzene rings is 1. The fourth-order valence-corrected chi connectivity index (χ4v) is 3.04. The average Bonchev–Trinajstić information content (AvgIpc) is 2.67. The Bertz CT molecular complexity index is 645. The number of hydrogen-bond donors (Lipinski definition) is 2. The van der Waals surface area contributed by atoms with Gasteiger partial charge in [0.2, 0.25) is 5.91 Å². The number of halogens is 3. The van der Waals surface area contributed by atoms with Crippen LogP contribution in [0.4, 0.5) is 13.2 Å². The molecular weight excluding hydrogens is 311 g/mol. The number of carbonyl (C=O) groups is 2. The van der Waals surface area contributed by atoms with Crippen LogP contribution < -0.4 is 10.6 Å². The molecular formula is C15H16F3N3O2. The second-order valence-electron chi connectivity index (χ2n) is 5.95. The van der Waals surface area contributed by atoms with Crippen molar-refractivity contribution < 1.29 is 22.8 Å². The maximum absolute atomic E-state index is 14.3. The highest BCUT2D eigenvalue weighted by Crippen LogP contribution is 2.36. The van der Waals surface area contributed by atoms with Crippen molar-refractivity contribution in [3.63, 3.8) is 0 Å². The molecule has 8 heteroatoms. The Morgan fingerprint density at radius 3 is 2.61 bits per heavy atom. The second-order valence-corrected chi connectivity index (χ2v) is 5.95. The monoisotopic (exact) mass is 327 g/mol. The zero-order valence-corrected chi connectivity index (χ0v) is 12.2. The zero-order valence-electron chi connectivity index (χ0n) is 12.2. The fraction of sp³-hybridized carbons (Fsp3) is 0.467. The van der Waals surface area contributed by atoms with Crippen molar-refractivity contribution in [3.05, 3.63) is 35.6 Å². The molecule has 0 aliphatic carbocycles. The van der Waals surface area contributed by atoms with Crippen LogP contribution in [0.3, 0.4) is 0 Å². The van der Waals surface area contributed by atoms with Gasteiger partial charge >= 0.3 is 5.92 Å².